The quantitative estimate of drug-likeness (QED) is 0.753. The van der Waals surface area contributed by atoms with Gasteiger partial charge in [-0.2, -0.15) is 0 Å². The van der Waals surface area contributed by atoms with Gasteiger partial charge in [0.05, 0.1) is 14.2 Å². The standard InChI is InChI=1S/C17H18O2/c1-18-16-10-8-15(9-11-16)13-17(19-2)12-14-6-4-3-5-7-14/h3-11,13H,12H2,1-2H3/b17-13+. The molecule has 0 aliphatic carbocycles. The maximum Gasteiger partial charge on any atom is 0.118 e. The third-order valence-electron chi connectivity index (χ3n) is 2.93. The van der Waals surface area contributed by atoms with Crippen molar-refractivity contribution in [2.75, 3.05) is 14.2 Å². The lowest BCUT2D eigenvalue weighted by molar-refractivity contribution is 0.287. The predicted molar refractivity (Wildman–Crippen MR) is 78.1 cm³/mol. The van der Waals surface area contributed by atoms with E-state index in [9.17, 15) is 0 Å². The van der Waals surface area contributed by atoms with Gasteiger partial charge in [0.2, 0.25) is 0 Å². The molecule has 0 aliphatic heterocycles. The van der Waals surface area contributed by atoms with E-state index in [4.69, 9.17) is 9.47 Å². The molecule has 2 rings (SSSR count). The number of ether oxygens (including phenoxy) is 2. The Bertz CT molecular complexity index is 527. The van der Waals surface area contributed by atoms with Gasteiger partial charge in [-0.05, 0) is 29.3 Å². The van der Waals surface area contributed by atoms with Gasteiger partial charge in [0.15, 0.2) is 0 Å². The molecule has 0 unspecified atom stereocenters. The summed E-state index contributed by atoms with van der Waals surface area (Å²) in [4.78, 5) is 0. The summed E-state index contributed by atoms with van der Waals surface area (Å²) in [7, 11) is 3.37. The molecule has 0 bridgehead atoms. The number of methoxy groups -OCH3 is 2. The van der Waals surface area contributed by atoms with Gasteiger partial charge in [-0.3, -0.25) is 0 Å². The third-order valence-corrected chi connectivity index (χ3v) is 2.93. The molecule has 0 radical (unpaired) electrons. The summed E-state index contributed by atoms with van der Waals surface area (Å²) < 4.78 is 10.6. The summed E-state index contributed by atoms with van der Waals surface area (Å²) in [5.74, 6) is 1.80. The molecule has 2 aromatic rings. The second-order valence-electron chi connectivity index (χ2n) is 4.25. The smallest absolute Gasteiger partial charge is 0.118 e. The van der Waals surface area contributed by atoms with Crippen LogP contribution >= 0.6 is 0 Å². The Hall–Kier alpha value is -2.22. The fourth-order valence-electron chi connectivity index (χ4n) is 1.87. The molecule has 0 saturated heterocycles. The van der Waals surface area contributed by atoms with E-state index in [1.807, 2.05) is 48.5 Å². The molecule has 2 nitrogen and oxygen atoms in total. The maximum absolute atomic E-state index is 5.44. The predicted octanol–water partition coefficient (Wildman–Crippen LogP) is 3.93. The number of hydrogen-bond donors (Lipinski definition) is 0. The molecule has 0 heterocycles. The van der Waals surface area contributed by atoms with Gasteiger partial charge in [-0.25, -0.2) is 0 Å². The first-order valence-corrected chi connectivity index (χ1v) is 6.24. The lowest BCUT2D eigenvalue weighted by atomic mass is 10.1. The zero-order valence-electron chi connectivity index (χ0n) is 11.3. The molecule has 0 atom stereocenters. The molecule has 0 amide bonds. The fraction of sp³-hybridized carbons (Fsp3) is 0.176. The van der Waals surface area contributed by atoms with E-state index in [0.29, 0.717) is 0 Å². The van der Waals surface area contributed by atoms with E-state index in [1.54, 1.807) is 14.2 Å². The van der Waals surface area contributed by atoms with E-state index in [-0.39, 0.29) is 0 Å². The van der Waals surface area contributed by atoms with Crippen LogP contribution < -0.4 is 4.74 Å². The van der Waals surface area contributed by atoms with Crippen molar-refractivity contribution in [3.8, 4) is 5.75 Å². The zero-order valence-corrected chi connectivity index (χ0v) is 11.3. The molecule has 0 aliphatic rings. The zero-order chi connectivity index (χ0) is 13.5. The minimum absolute atomic E-state index is 0.795. The monoisotopic (exact) mass is 254 g/mol. The Morgan fingerprint density at radius 2 is 1.63 bits per heavy atom. The molecular formula is C17H18O2. The van der Waals surface area contributed by atoms with Crippen LogP contribution in [0.15, 0.2) is 60.4 Å². The van der Waals surface area contributed by atoms with E-state index in [0.717, 1.165) is 23.5 Å². The topological polar surface area (TPSA) is 18.5 Å². The average molecular weight is 254 g/mol. The van der Waals surface area contributed by atoms with Crippen LogP contribution in [0.4, 0.5) is 0 Å². The minimum atomic E-state index is 0.795. The average Bonchev–Trinajstić information content (AvgIpc) is 2.48. The Morgan fingerprint density at radius 1 is 0.947 bits per heavy atom. The highest BCUT2D eigenvalue weighted by Gasteiger charge is 2.00. The van der Waals surface area contributed by atoms with Crippen molar-refractivity contribution >= 4 is 6.08 Å². The Labute approximate surface area is 114 Å². The van der Waals surface area contributed by atoms with Crippen LogP contribution in [-0.2, 0) is 11.2 Å². The van der Waals surface area contributed by atoms with Crippen LogP contribution in [0, 0.1) is 0 Å². The lowest BCUT2D eigenvalue weighted by Gasteiger charge is -2.07. The number of rotatable bonds is 5. The van der Waals surface area contributed by atoms with Crippen molar-refractivity contribution in [2.24, 2.45) is 0 Å². The third kappa shape index (κ3) is 3.88. The molecule has 19 heavy (non-hydrogen) atoms. The van der Waals surface area contributed by atoms with Crippen molar-refractivity contribution < 1.29 is 9.47 Å². The van der Waals surface area contributed by atoms with Gasteiger partial charge in [0, 0.05) is 6.42 Å². The molecule has 2 heteroatoms. The Kier molecular flexibility index (Phi) is 4.62. The van der Waals surface area contributed by atoms with Crippen molar-refractivity contribution in [2.45, 2.75) is 6.42 Å². The van der Waals surface area contributed by atoms with Crippen LogP contribution in [-0.4, -0.2) is 14.2 Å². The van der Waals surface area contributed by atoms with Gasteiger partial charge in [0.1, 0.15) is 11.5 Å². The van der Waals surface area contributed by atoms with Gasteiger partial charge >= 0.3 is 0 Å². The highest BCUT2D eigenvalue weighted by Crippen LogP contribution is 2.16. The van der Waals surface area contributed by atoms with Crippen molar-refractivity contribution in [3.63, 3.8) is 0 Å². The minimum Gasteiger partial charge on any atom is -0.501 e. The van der Waals surface area contributed by atoms with E-state index >= 15 is 0 Å². The van der Waals surface area contributed by atoms with Crippen LogP contribution in [0.25, 0.3) is 6.08 Å². The lowest BCUT2D eigenvalue weighted by Crippen LogP contribution is -1.93. The van der Waals surface area contributed by atoms with Crippen molar-refractivity contribution in [1.82, 2.24) is 0 Å². The first kappa shape index (κ1) is 13.2. The molecular weight excluding hydrogens is 236 g/mol. The summed E-state index contributed by atoms with van der Waals surface area (Å²) in [5, 5.41) is 0. The number of allylic oxidation sites excluding steroid dienone is 1. The van der Waals surface area contributed by atoms with Crippen LogP contribution in [0.3, 0.4) is 0 Å². The van der Waals surface area contributed by atoms with Gasteiger partial charge < -0.3 is 9.47 Å². The summed E-state index contributed by atoms with van der Waals surface area (Å²) >= 11 is 0. The Morgan fingerprint density at radius 3 is 2.21 bits per heavy atom. The first-order chi connectivity index (χ1) is 9.31. The highest BCUT2D eigenvalue weighted by atomic mass is 16.5. The van der Waals surface area contributed by atoms with Crippen LogP contribution in [0.1, 0.15) is 11.1 Å². The molecule has 98 valence electrons. The first-order valence-electron chi connectivity index (χ1n) is 6.24. The number of benzene rings is 2. The van der Waals surface area contributed by atoms with Crippen molar-refractivity contribution in [1.29, 1.82) is 0 Å². The van der Waals surface area contributed by atoms with Crippen LogP contribution in [0.2, 0.25) is 0 Å². The summed E-state index contributed by atoms with van der Waals surface area (Å²) in [6.45, 7) is 0. The van der Waals surface area contributed by atoms with Gasteiger partial charge in [-0.15, -0.1) is 0 Å². The second-order valence-corrected chi connectivity index (χ2v) is 4.25. The molecule has 0 N–H and O–H groups in total. The summed E-state index contributed by atoms with van der Waals surface area (Å²) in [6, 6.07) is 18.2. The number of hydrogen-bond acceptors (Lipinski definition) is 2. The van der Waals surface area contributed by atoms with E-state index in [2.05, 4.69) is 12.1 Å². The van der Waals surface area contributed by atoms with Crippen LogP contribution in [0.5, 0.6) is 5.75 Å². The summed E-state index contributed by atoms with van der Waals surface area (Å²) in [6.07, 6.45) is 2.84. The SMILES string of the molecule is CO/C(=C/c1ccc(OC)cc1)Cc1ccccc1. The van der Waals surface area contributed by atoms with Gasteiger partial charge in [-0.1, -0.05) is 42.5 Å². The van der Waals surface area contributed by atoms with E-state index in [1.165, 1.54) is 5.56 Å². The largest absolute Gasteiger partial charge is 0.501 e. The fourth-order valence-corrected chi connectivity index (χ4v) is 1.87. The molecule has 0 saturated carbocycles. The molecule has 2 aromatic carbocycles. The highest BCUT2D eigenvalue weighted by molar-refractivity contribution is 5.53. The molecule has 0 spiro atoms. The van der Waals surface area contributed by atoms with Crippen molar-refractivity contribution in [3.05, 3.63) is 71.5 Å². The Balaban J connectivity index is 2.13. The molecule has 0 aromatic heterocycles. The van der Waals surface area contributed by atoms with Gasteiger partial charge in [0.25, 0.3) is 0 Å². The second kappa shape index (κ2) is 6.64. The summed E-state index contributed by atoms with van der Waals surface area (Å²) in [5.41, 5.74) is 2.35. The van der Waals surface area contributed by atoms with E-state index < -0.39 is 0 Å². The maximum atomic E-state index is 5.44. The normalized spacial score (nSPS) is 11.2. The molecule has 0 fully saturated rings.